The SMILES string of the molecule is CN(Cc1ccc(CN)cc1)C(C)(C)C. The molecule has 0 radical (unpaired) electrons. The number of nitrogens with two attached hydrogens (primary N) is 1. The Bertz CT molecular complexity index is 295. The first-order valence-corrected chi connectivity index (χ1v) is 5.42. The van der Waals surface area contributed by atoms with Crippen LogP contribution in [-0.2, 0) is 13.1 Å². The molecule has 1 aromatic rings. The summed E-state index contributed by atoms with van der Waals surface area (Å²) in [4.78, 5) is 2.34. The molecule has 0 aliphatic carbocycles. The normalized spacial score (nSPS) is 12.1. The Morgan fingerprint density at radius 3 is 1.93 bits per heavy atom. The Morgan fingerprint density at radius 2 is 1.53 bits per heavy atom. The zero-order valence-corrected chi connectivity index (χ0v) is 10.2. The molecule has 0 aromatic heterocycles. The van der Waals surface area contributed by atoms with Gasteiger partial charge in [0.25, 0.3) is 0 Å². The van der Waals surface area contributed by atoms with Gasteiger partial charge in [-0.15, -0.1) is 0 Å². The highest BCUT2D eigenvalue weighted by Gasteiger charge is 2.16. The van der Waals surface area contributed by atoms with Gasteiger partial charge in [0.15, 0.2) is 0 Å². The summed E-state index contributed by atoms with van der Waals surface area (Å²) in [6.45, 7) is 8.27. The van der Waals surface area contributed by atoms with Crippen LogP contribution in [-0.4, -0.2) is 17.5 Å². The molecule has 2 heteroatoms. The summed E-state index contributed by atoms with van der Waals surface area (Å²) in [6.07, 6.45) is 0. The Balaban J connectivity index is 2.65. The lowest BCUT2D eigenvalue weighted by molar-refractivity contribution is 0.167. The third-order valence-corrected chi connectivity index (χ3v) is 2.82. The van der Waals surface area contributed by atoms with E-state index in [-0.39, 0.29) is 5.54 Å². The van der Waals surface area contributed by atoms with Gasteiger partial charge in [-0.3, -0.25) is 4.90 Å². The van der Waals surface area contributed by atoms with Crippen molar-refractivity contribution in [2.45, 2.75) is 39.4 Å². The fourth-order valence-corrected chi connectivity index (χ4v) is 1.29. The van der Waals surface area contributed by atoms with Crippen molar-refractivity contribution < 1.29 is 0 Å². The van der Waals surface area contributed by atoms with E-state index in [4.69, 9.17) is 5.73 Å². The number of rotatable bonds is 3. The number of benzene rings is 1. The number of hydrogen-bond donors (Lipinski definition) is 1. The Morgan fingerprint density at radius 1 is 1.07 bits per heavy atom. The van der Waals surface area contributed by atoms with Crippen LogP contribution in [0.4, 0.5) is 0 Å². The van der Waals surface area contributed by atoms with E-state index in [1.165, 1.54) is 11.1 Å². The smallest absolute Gasteiger partial charge is 0.0235 e. The summed E-state index contributed by atoms with van der Waals surface area (Å²) in [7, 11) is 2.15. The number of nitrogens with zero attached hydrogens (tertiary/aromatic N) is 1. The van der Waals surface area contributed by atoms with Gasteiger partial charge in [-0.25, -0.2) is 0 Å². The molecule has 0 heterocycles. The third kappa shape index (κ3) is 3.65. The van der Waals surface area contributed by atoms with Gasteiger partial charge in [-0.2, -0.15) is 0 Å². The lowest BCUT2D eigenvalue weighted by Crippen LogP contribution is -2.37. The van der Waals surface area contributed by atoms with Crippen LogP contribution in [0, 0.1) is 0 Å². The highest BCUT2D eigenvalue weighted by molar-refractivity contribution is 5.22. The highest BCUT2D eigenvalue weighted by atomic mass is 15.1. The lowest BCUT2D eigenvalue weighted by Gasteiger charge is -2.31. The molecular weight excluding hydrogens is 184 g/mol. The minimum absolute atomic E-state index is 0.215. The average molecular weight is 206 g/mol. The van der Waals surface area contributed by atoms with Gasteiger partial charge in [0.1, 0.15) is 0 Å². The van der Waals surface area contributed by atoms with Crippen LogP contribution >= 0.6 is 0 Å². The van der Waals surface area contributed by atoms with E-state index in [1.54, 1.807) is 0 Å². The lowest BCUT2D eigenvalue weighted by atomic mass is 10.1. The zero-order chi connectivity index (χ0) is 11.5. The summed E-state index contributed by atoms with van der Waals surface area (Å²) < 4.78 is 0. The summed E-state index contributed by atoms with van der Waals surface area (Å²) in [5, 5.41) is 0. The molecule has 0 saturated carbocycles. The molecule has 0 spiro atoms. The van der Waals surface area contributed by atoms with Crippen molar-refractivity contribution in [2.75, 3.05) is 7.05 Å². The standard InChI is InChI=1S/C13H22N2/c1-13(2,3)15(4)10-12-7-5-11(9-14)6-8-12/h5-8H,9-10,14H2,1-4H3. The van der Waals surface area contributed by atoms with Crippen LogP contribution in [0.15, 0.2) is 24.3 Å². The summed E-state index contributed by atoms with van der Waals surface area (Å²) in [5.41, 5.74) is 8.30. The molecular formula is C13H22N2. The summed E-state index contributed by atoms with van der Waals surface area (Å²) in [6, 6.07) is 8.52. The van der Waals surface area contributed by atoms with Crippen LogP contribution in [0.5, 0.6) is 0 Å². The van der Waals surface area contributed by atoms with Gasteiger partial charge in [0.2, 0.25) is 0 Å². The van der Waals surface area contributed by atoms with Crippen molar-refractivity contribution in [3.8, 4) is 0 Å². The van der Waals surface area contributed by atoms with Crippen molar-refractivity contribution in [3.63, 3.8) is 0 Å². The molecule has 2 N–H and O–H groups in total. The second kappa shape index (κ2) is 4.77. The minimum atomic E-state index is 0.215. The monoisotopic (exact) mass is 206 g/mol. The number of hydrogen-bond acceptors (Lipinski definition) is 2. The molecule has 0 bridgehead atoms. The predicted octanol–water partition coefficient (Wildman–Crippen LogP) is 2.38. The molecule has 0 aliphatic rings. The van der Waals surface area contributed by atoms with E-state index in [9.17, 15) is 0 Å². The molecule has 0 atom stereocenters. The van der Waals surface area contributed by atoms with Gasteiger partial charge in [0.05, 0.1) is 0 Å². The second-order valence-electron chi connectivity index (χ2n) is 5.05. The molecule has 2 nitrogen and oxygen atoms in total. The Kier molecular flexibility index (Phi) is 3.89. The first-order valence-electron chi connectivity index (χ1n) is 5.42. The maximum Gasteiger partial charge on any atom is 0.0235 e. The fraction of sp³-hybridized carbons (Fsp3) is 0.538. The zero-order valence-electron chi connectivity index (χ0n) is 10.2. The second-order valence-corrected chi connectivity index (χ2v) is 5.05. The minimum Gasteiger partial charge on any atom is -0.326 e. The highest BCUT2D eigenvalue weighted by Crippen LogP contribution is 2.15. The van der Waals surface area contributed by atoms with Gasteiger partial charge >= 0.3 is 0 Å². The van der Waals surface area contributed by atoms with Gasteiger partial charge in [-0.05, 0) is 38.9 Å². The van der Waals surface area contributed by atoms with Crippen LogP contribution in [0.2, 0.25) is 0 Å². The summed E-state index contributed by atoms with van der Waals surface area (Å²) in [5.74, 6) is 0. The maximum atomic E-state index is 5.56. The molecule has 0 unspecified atom stereocenters. The molecule has 84 valence electrons. The predicted molar refractivity (Wildman–Crippen MR) is 65.6 cm³/mol. The van der Waals surface area contributed by atoms with E-state index >= 15 is 0 Å². The molecule has 0 saturated heterocycles. The van der Waals surface area contributed by atoms with Crippen molar-refractivity contribution in [2.24, 2.45) is 5.73 Å². The van der Waals surface area contributed by atoms with Crippen molar-refractivity contribution in [3.05, 3.63) is 35.4 Å². The maximum absolute atomic E-state index is 5.56. The molecule has 0 aliphatic heterocycles. The van der Waals surface area contributed by atoms with E-state index < -0.39 is 0 Å². The van der Waals surface area contributed by atoms with Gasteiger partial charge in [-0.1, -0.05) is 24.3 Å². The largest absolute Gasteiger partial charge is 0.326 e. The van der Waals surface area contributed by atoms with E-state index in [0.717, 1.165) is 6.54 Å². The molecule has 1 aromatic carbocycles. The molecule has 0 fully saturated rings. The van der Waals surface area contributed by atoms with Crippen LogP contribution in [0.25, 0.3) is 0 Å². The van der Waals surface area contributed by atoms with Crippen LogP contribution in [0.3, 0.4) is 0 Å². The van der Waals surface area contributed by atoms with Gasteiger partial charge in [0, 0.05) is 18.6 Å². The first kappa shape index (κ1) is 12.2. The fourth-order valence-electron chi connectivity index (χ4n) is 1.29. The quantitative estimate of drug-likeness (QED) is 0.822. The topological polar surface area (TPSA) is 29.3 Å². The molecule has 15 heavy (non-hydrogen) atoms. The van der Waals surface area contributed by atoms with Crippen LogP contribution in [0.1, 0.15) is 31.9 Å². The average Bonchev–Trinajstić information content (AvgIpc) is 2.17. The van der Waals surface area contributed by atoms with E-state index in [2.05, 4.69) is 57.0 Å². The van der Waals surface area contributed by atoms with Crippen molar-refractivity contribution in [1.29, 1.82) is 0 Å². The molecule has 1 rings (SSSR count). The molecule has 0 amide bonds. The Labute approximate surface area is 93.1 Å². The third-order valence-electron chi connectivity index (χ3n) is 2.82. The van der Waals surface area contributed by atoms with Crippen molar-refractivity contribution >= 4 is 0 Å². The summed E-state index contributed by atoms with van der Waals surface area (Å²) >= 11 is 0. The van der Waals surface area contributed by atoms with E-state index in [1.807, 2.05) is 0 Å². The van der Waals surface area contributed by atoms with Crippen molar-refractivity contribution in [1.82, 2.24) is 4.90 Å². The Hall–Kier alpha value is -0.860. The van der Waals surface area contributed by atoms with E-state index in [0.29, 0.717) is 6.54 Å². The first-order chi connectivity index (χ1) is 6.93. The van der Waals surface area contributed by atoms with Gasteiger partial charge < -0.3 is 5.73 Å². The van der Waals surface area contributed by atoms with Crippen LogP contribution < -0.4 is 5.73 Å².